The van der Waals surface area contributed by atoms with Crippen LogP contribution >= 0.6 is 0 Å². The van der Waals surface area contributed by atoms with Crippen molar-refractivity contribution in [3.05, 3.63) is 102 Å². The van der Waals surface area contributed by atoms with Crippen LogP contribution in [0.5, 0.6) is 5.75 Å². The Labute approximate surface area is 215 Å². The molecule has 1 heterocycles. The molecular formula is C27H27FN4O4S. The van der Waals surface area contributed by atoms with Crippen LogP contribution in [0, 0.1) is 12.7 Å². The smallest absolute Gasteiger partial charge is 0.264 e. The summed E-state index contributed by atoms with van der Waals surface area (Å²) >= 11 is 0. The Kier molecular flexibility index (Phi) is 7.88. The lowest BCUT2D eigenvalue weighted by molar-refractivity contribution is -0.119. The zero-order chi connectivity index (χ0) is 26.4. The van der Waals surface area contributed by atoms with Gasteiger partial charge in [-0.25, -0.2) is 17.8 Å². The van der Waals surface area contributed by atoms with Crippen molar-refractivity contribution >= 4 is 21.6 Å². The quantitative estimate of drug-likeness (QED) is 0.337. The molecule has 0 aliphatic carbocycles. The number of nitrogens with zero attached hydrogens (tertiary/aromatic N) is 3. The van der Waals surface area contributed by atoms with Crippen molar-refractivity contribution in [1.82, 2.24) is 14.9 Å². The SMILES string of the molecule is CCOc1ccc(N(CC(=O)NCc2ccccc2-n2ccnc2C)S(=O)(=O)c2ccc(F)cc2)cc1. The molecule has 0 aliphatic rings. The fourth-order valence-electron chi connectivity index (χ4n) is 3.83. The van der Waals surface area contributed by atoms with Gasteiger partial charge in [-0.15, -0.1) is 0 Å². The number of hydrogen-bond acceptors (Lipinski definition) is 5. The van der Waals surface area contributed by atoms with E-state index in [0.717, 1.165) is 33.5 Å². The predicted molar refractivity (Wildman–Crippen MR) is 139 cm³/mol. The van der Waals surface area contributed by atoms with E-state index in [1.54, 1.807) is 30.5 Å². The van der Waals surface area contributed by atoms with E-state index in [1.165, 1.54) is 12.1 Å². The predicted octanol–water partition coefficient (Wildman–Crippen LogP) is 4.23. The fourth-order valence-corrected chi connectivity index (χ4v) is 5.25. The van der Waals surface area contributed by atoms with Gasteiger partial charge in [0, 0.05) is 18.9 Å². The molecule has 4 rings (SSSR count). The molecule has 0 saturated carbocycles. The van der Waals surface area contributed by atoms with Crippen molar-refractivity contribution in [2.24, 2.45) is 0 Å². The molecule has 37 heavy (non-hydrogen) atoms. The van der Waals surface area contributed by atoms with Gasteiger partial charge in [0.05, 0.1) is 22.9 Å². The maximum absolute atomic E-state index is 13.5. The van der Waals surface area contributed by atoms with Gasteiger partial charge in [-0.1, -0.05) is 18.2 Å². The summed E-state index contributed by atoms with van der Waals surface area (Å²) in [5.41, 5.74) is 1.98. The van der Waals surface area contributed by atoms with Crippen molar-refractivity contribution in [1.29, 1.82) is 0 Å². The first-order valence-corrected chi connectivity index (χ1v) is 13.1. The van der Waals surface area contributed by atoms with Gasteiger partial charge < -0.3 is 14.6 Å². The van der Waals surface area contributed by atoms with E-state index < -0.39 is 28.3 Å². The average Bonchev–Trinajstić information content (AvgIpc) is 3.32. The number of para-hydroxylation sites is 1. The molecular weight excluding hydrogens is 495 g/mol. The Hall–Kier alpha value is -4.18. The van der Waals surface area contributed by atoms with Gasteiger partial charge >= 0.3 is 0 Å². The topological polar surface area (TPSA) is 93.5 Å². The van der Waals surface area contributed by atoms with E-state index in [-0.39, 0.29) is 17.1 Å². The molecule has 0 fully saturated rings. The molecule has 0 bridgehead atoms. The molecule has 0 atom stereocenters. The first-order chi connectivity index (χ1) is 17.8. The molecule has 1 amide bonds. The number of anilines is 1. The number of halogens is 1. The molecule has 3 aromatic carbocycles. The van der Waals surface area contributed by atoms with Gasteiger partial charge in [-0.2, -0.15) is 0 Å². The minimum Gasteiger partial charge on any atom is -0.494 e. The van der Waals surface area contributed by atoms with Crippen LogP contribution in [0.15, 0.2) is 90.1 Å². The largest absolute Gasteiger partial charge is 0.494 e. The second-order valence-corrected chi connectivity index (χ2v) is 10.0. The zero-order valence-electron chi connectivity index (χ0n) is 20.5. The first-order valence-electron chi connectivity index (χ1n) is 11.7. The van der Waals surface area contributed by atoms with Crippen LogP contribution < -0.4 is 14.4 Å². The number of hydrogen-bond donors (Lipinski definition) is 1. The van der Waals surface area contributed by atoms with Gasteiger partial charge in [0.2, 0.25) is 5.91 Å². The zero-order valence-corrected chi connectivity index (χ0v) is 21.3. The highest BCUT2D eigenvalue weighted by Crippen LogP contribution is 2.26. The number of nitrogens with one attached hydrogen (secondary N) is 1. The molecule has 0 unspecified atom stereocenters. The number of aryl methyl sites for hydroxylation is 1. The molecule has 0 saturated heterocycles. The Morgan fingerprint density at radius 1 is 1.05 bits per heavy atom. The van der Waals surface area contributed by atoms with Crippen LogP contribution in [0.4, 0.5) is 10.1 Å². The minimum absolute atomic E-state index is 0.128. The summed E-state index contributed by atoms with van der Waals surface area (Å²) in [6.45, 7) is 3.89. The lowest BCUT2D eigenvalue weighted by Gasteiger charge is -2.24. The maximum Gasteiger partial charge on any atom is 0.264 e. The minimum atomic E-state index is -4.17. The van der Waals surface area contributed by atoms with E-state index in [9.17, 15) is 17.6 Å². The van der Waals surface area contributed by atoms with Crippen molar-refractivity contribution in [3.8, 4) is 11.4 Å². The number of amides is 1. The summed E-state index contributed by atoms with van der Waals surface area (Å²) in [6.07, 6.45) is 3.53. The van der Waals surface area contributed by atoms with Crippen LogP contribution in [0.25, 0.3) is 5.69 Å². The van der Waals surface area contributed by atoms with Crippen molar-refractivity contribution in [2.75, 3.05) is 17.5 Å². The van der Waals surface area contributed by atoms with Gasteiger partial charge in [-0.3, -0.25) is 9.10 Å². The van der Waals surface area contributed by atoms with Crippen LogP contribution in [0.3, 0.4) is 0 Å². The highest BCUT2D eigenvalue weighted by Gasteiger charge is 2.27. The molecule has 4 aromatic rings. The van der Waals surface area contributed by atoms with Crippen LogP contribution in [-0.4, -0.2) is 37.0 Å². The van der Waals surface area contributed by atoms with E-state index in [4.69, 9.17) is 4.74 Å². The number of benzene rings is 3. The highest BCUT2D eigenvalue weighted by atomic mass is 32.2. The van der Waals surface area contributed by atoms with Gasteiger partial charge in [-0.05, 0) is 74.0 Å². The number of aromatic nitrogens is 2. The third kappa shape index (κ3) is 5.97. The Morgan fingerprint density at radius 2 is 1.76 bits per heavy atom. The highest BCUT2D eigenvalue weighted by molar-refractivity contribution is 7.92. The number of sulfonamides is 1. The first kappa shape index (κ1) is 25.9. The molecule has 192 valence electrons. The Morgan fingerprint density at radius 3 is 2.41 bits per heavy atom. The summed E-state index contributed by atoms with van der Waals surface area (Å²) in [4.78, 5) is 17.2. The van der Waals surface area contributed by atoms with E-state index in [2.05, 4.69) is 10.3 Å². The van der Waals surface area contributed by atoms with E-state index in [0.29, 0.717) is 12.4 Å². The Balaban J connectivity index is 1.58. The summed E-state index contributed by atoms with van der Waals surface area (Å²) in [6, 6.07) is 18.4. The van der Waals surface area contributed by atoms with Crippen LogP contribution in [0.2, 0.25) is 0 Å². The number of ether oxygens (including phenoxy) is 1. The normalized spacial score (nSPS) is 11.2. The molecule has 0 aliphatic heterocycles. The van der Waals surface area contributed by atoms with Crippen LogP contribution in [-0.2, 0) is 21.4 Å². The monoisotopic (exact) mass is 522 g/mol. The van der Waals surface area contributed by atoms with E-state index in [1.807, 2.05) is 48.9 Å². The average molecular weight is 523 g/mol. The molecule has 8 nitrogen and oxygen atoms in total. The third-order valence-electron chi connectivity index (χ3n) is 5.68. The molecule has 1 aromatic heterocycles. The second-order valence-electron chi connectivity index (χ2n) is 8.14. The lowest BCUT2D eigenvalue weighted by Crippen LogP contribution is -2.40. The van der Waals surface area contributed by atoms with Gasteiger partial charge in [0.1, 0.15) is 23.9 Å². The number of carbonyl (C=O) groups excluding carboxylic acids is 1. The Bertz CT molecular complexity index is 1470. The van der Waals surface area contributed by atoms with E-state index >= 15 is 0 Å². The molecule has 10 heteroatoms. The second kappa shape index (κ2) is 11.3. The fraction of sp³-hybridized carbons (Fsp3) is 0.185. The van der Waals surface area contributed by atoms with Crippen LogP contribution in [0.1, 0.15) is 18.3 Å². The van der Waals surface area contributed by atoms with Crippen molar-refractivity contribution in [2.45, 2.75) is 25.3 Å². The summed E-state index contributed by atoms with van der Waals surface area (Å²) in [5, 5.41) is 2.82. The van der Waals surface area contributed by atoms with Gasteiger partial charge in [0.25, 0.3) is 10.0 Å². The summed E-state index contributed by atoms with van der Waals surface area (Å²) < 4.78 is 48.8. The molecule has 0 radical (unpaired) electrons. The molecule has 0 spiro atoms. The third-order valence-corrected chi connectivity index (χ3v) is 7.47. The standard InChI is InChI=1S/C27H27FN4O4S/c1-3-36-24-12-10-23(11-13-24)32(37(34,35)25-14-8-22(28)9-15-25)19-27(33)30-18-21-6-4-5-7-26(21)31-17-16-29-20(31)2/h4-17H,3,18-19H2,1-2H3,(H,30,33). The summed E-state index contributed by atoms with van der Waals surface area (Å²) in [7, 11) is -4.17. The number of rotatable bonds is 10. The summed E-state index contributed by atoms with van der Waals surface area (Å²) in [5.74, 6) is 0.305. The lowest BCUT2D eigenvalue weighted by atomic mass is 10.1. The van der Waals surface area contributed by atoms with Gasteiger partial charge in [0.15, 0.2) is 0 Å². The number of imidazole rings is 1. The maximum atomic E-state index is 13.5. The number of carbonyl (C=O) groups is 1. The molecule has 1 N–H and O–H groups in total. The van der Waals surface area contributed by atoms with Crippen molar-refractivity contribution in [3.63, 3.8) is 0 Å². The van der Waals surface area contributed by atoms with Crippen molar-refractivity contribution < 1.29 is 22.3 Å².